The van der Waals surface area contributed by atoms with Crippen molar-refractivity contribution in [1.29, 1.82) is 0 Å². The number of carbonyl (C=O) groups is 1. The van der Waals surface area contributed by atoms with E-state index in [0.29, 0.717) is 30.9 Å². The monoisotopic (exact) mass is 498 g/mol. The largest absolute Gasteiger partial charge is 0.496 e. The third-order valence-electron chi connectivity index (χ3n) is 7.01. The number of amides is 1. The van der Waals surface area contributed by atoms with Gasteiger partial charge in [0.1, 0.15) is 17.6 Å². The lowest BCUT2D eigenvalue weighted by molar-refractivity contribution is -0.385. The highest BCUT2D eigenvalue weighted by Gasteiger charge is 2.39. The van der Waals surface area contributed by atoms with E-state index in [0.717, 1.165) is 11.1 Å². The highest BCUT2D eigenvalue weighted by atomic mass is 28.4. The lowest BCUT2D eigenvalue weighted by Gasteiger charge is -2.40. The van der Waals surface area contributed by atoms with Crippen LogP contribution >= 0.6 is 0 Å². The van der Waals surface area contributed by atoms with E-state index in [1.54, 1.807) is 24.2 Å². The molecule has 10 heteroatoms. The van der Waals surface area contributed by atoms with E-state index < -0.39 is 19.1 Å². The number of benzene rings is 1. The van der Waals surface area contributed by atoms with Gasteiger partial charge in [0.15, 0.2) is 8.32 Å². The standard InChI is InChI=1S/C25H34N4O5Si/c1-17-10-22(29(31)32)21(12-23(17)33-5)24(30)28-9-8-18(19-13-26-16-27-14-19)11-20(28)15-34-35(6,7)25(2,3)4/h8,10,12-14,16,20H,9,11,15H2,1-7H3/t20-/m0/s1. The van der Waals surface area contributed by atoms with Crippen molar-refractivity contribution >= 4 is 25.5 Å². The molecule has 1 aromatic carbocycles. The normalized spacial score (nSPS) is 16.6. The first kappa shape index (κ1) is 26.5. The lowest BCUT2D eigenvalue weighted by Crippen LogP contribution is -2.49. The van der Waals surface area contributed by atoms with Crippen molar-refractivity contribution in [3.8, 4) is 5.75 Å². The SMILES string of the molecule is COc1cc(C(=O)N2CC=C(c3cncnc3)C[C@H]2CO[Si](C)(C)C(C)(C)C)c([N+](=O)[O-])cc1C. The van der Waals surface area contributed by atoms with E-state index in [2.05, 4.69) is 43.8 Å². The van der Waals surface area contributed by atoms with Crippen LogP contribution in [0.4, 0.5) is 5.69 Å². The van der Waals surface area contributed by atoms with Gasteiger partial charge in [0.25, 0.3) is 11.6 Å². The van der Waals surface area contributed by atoms with Crippen molar-refractivity contribution < 1.29 is 18.9 Å². The maximum absolute atomic E-state index is 13.7. The van der Waals surface area contributed by atoms with Gasteiger partial charge in [0, 0.05) is 36.6 Å². The van der Waals surface area contributed by atoms with Crippen molar-refractivity contribution in [3.05, 3.63) is 63.7 Å². The molecule has 1 amide bonds. The number of methoxy groups -OCH3 is 1. The van der Waals surface area contributed by atoms with Crippen LogP contribution < -0.4 is 4.74 Å². The molecule has 0 aliphatic carbocycles. The predicted molar refractivity (Wildman–Crippen MR) is 137 cm³/mol. The molecule has 1 aliphatic rings. The number of carbonyl (C=O) groups excluding carboxylic acids is 1. The van der Waals surface area contributed by atoms with Crippen LogP contribution in [0, 0.1) is 17.0 Å². The average Bonchev–Trinajstić information content (AvgIpc) is 2.81. The summed E-state index contributed by atoms with van der Waals surface area (Å²) in [6.07, 6.45) is 7.46. The van der Waals surface area contributed by atoms with Gasteiger partial charge < -0.3 is 14.1 Å². The lowest BCUT2D eigenvalue weighted by atomic mass is 9.95. The number of hydrogen-bond acceptors (Lipinski definition) is 7. The second kappa shape index (κ2) is 10.2. The Morgan fingerprint density at radius 2 is 1.91 bits per heavy atom. The smallest absolute Gasteiger partial charge is 0.282 e. The summed E-state index contributed by atoms with van der Waals surface area (Å²) in [4.78, 5) is 34.9. The van der Waals surface area contributed by atoms with Crippen molar-refractivity contribution in [2.45, 2.75) is 58.3 Å². The van der Waals surface area contributed by atoms with E-state index in [1.807, 2.05) is 6.08 Å². The van der Waals surface area contributed by atoms with Gasteiger partial charge in [-0.3, -0.25) is 14.9 Å². The fourth-order valence-corrected chi connectivity index (χ4v) is 4.84. The molecule has 2 aromatic rings. The topological polar surface area (TPSA) is 108 Å². The zero-order valence-electron chi connectivity index (χ0n) is 21.5. The van der Waals surface area contributed by atoms with E-state index >= 15 is 0 Å². The van der Waals surface area contributed by atoms with Gasteiger partial charge in [0.05, 0.1) is 24.7 Å². The molecule has 0 N–H and O–H groups in total. The molecular formula is C25H34N4O5Si. The molecule has 188 valence electrons. The molecule has 0 unspecified atom stereocenters. The summed E-state index contributed by atoms with van der Waals surface area (Å²) >= 11 is 0. The Balaban J connectivity index is 2.00. The van der Waals surface area contributed by atoms with Crippen molar-refractivity contribution in [2.75, 3.05) is 20.3 Å². The van der Waals surface area contributed by atoms with Gasteiger partial charge in [-0.15, -0.1) is 0 Å². The number of rotatable bonds is 7. The number of nitro benzene ring substituents is 1. The van der Waals surface area contributed by atoms with Crippen LogP contribution in [0.25, 0.3) is 5.57 Å². The van der Waals surface area contributed by atoms with Crippen molar-refractivity contribution in [1.82, 2.24) is 14.9 Å². The highest BCUT2D eigenvalue weighted by molar-refractivity contribution is 6.74. The van der Waals surface area contributed by atoms with Gasteiger partial charge >= 0.3 is 0 Å². The molecule has 1 atom stereocenters. The molecule has 9 nitrogen and oxygen atoms in total. The maximum atomic E-state index is 13.7. The van der Waals surface area contributed by atoms with Gasteiger partial charge in [-0.1, -0.05) is 26.8 Å². The molecule has 1 aliphatic heterocycles. The Labute approximate surface area is 207 Å². The fourth-order valence-electron chi connectivity index (χ4n) is 3.79. The Kier molecular flexibility index (Phi) is 7.76. The summed E-state index contributed by atoms with van der Waals surface area (Å²) < 4.78 is 11.9. The molecule has 0 saturated carbocycles. The fraction of sp³-hybridized carbons (Fsp3) is 0.480. The van der Waals surface area contributed by atoms with Crippen LogP contribution in [0.2, 0.25) is 18.1 Å². The van der Waals surface area contributed by atoms with Crippen LogP contribution in [0.3, 0.4) is 0 Å². The number of nitro groups is 1. The summed E-state index contributed by atoms with van der Waals surface area (Å²) in [5.74, 6) is 0.0149. The van der Waals surface area contributed by atoms with E-state index in [-0.39, 0.29) is 22.3 Å². The molecule has 3 rings (SSSR count). The summed E-state index contributed by atoms with van der Waals surface area (Å²) in [7, 11) is -0.613. The Morgan fingerprint density at radius 3 is 2.49 bits per heavy atom. The van der Waals surface area contributed by atoms with Crippen molar-refractivity contribution in [2.24, 2.45) is 0 Å². The minimum Gasteiger partial charge on any atom is -0.496 e. The molecule has 0 spiro atoms. The molecule has 2 heterocycles. The van der Waals surface area contributed by atoms with Crippen LogP contribution in [0.15, 0.2) is 36.9 Å². The minimum absolute atomic E-state index is 0.00551. The molecule has 35 heavy (non-hydrogen) atoms. The highest BCUT2D eigenvalue weighted by Crippen LogP contribution is 2.38. The van der Waals surface area contributed by atoms with Gasteiger partial charge in [0.2, 0.25) is 0 Å². The summed E-state index contributed by atoms with van der Waals surface area (Å²) in [6, 6.07) is 2.55. The van der Waals surface area contributed by atoms with Crippen LogP contribution in [-0.2, 0) is 4.43 Å². The number of ether oxygens (including phenoxy) is 1. The third kappa shape index (κ3) is 5.76. The molecule has 1 aromatic heterocycles. The zero-order chi connectivity index (χ0) is 26.0. The molecular weight excluding hydrogens is 464 g/mol. The van der Waals surface area contributed by atoms with Crippen LogP contribution in [0.1, 0.15) is 48.7 Å². The molecule has 0 fully saturated rings. The summed E-state index contributed by atoms with van der Waals surface area (Å²) in [5, 5.41) is 11.8. The minimum atomic E-state index is -2.10. The first-order valence-electron chi connectivity index (χ1n) is 11.6. The van der Waals surface area contributed by atoms with Gasteiger partial charge in [-0.25, -0.2) is 9.97 Å². The third-order valence-corrected chi connectivity index (χ3v) is 11.5. The zero-order valence-corrected chi connectivity index (χ0v) is 22.5. The van der Waals surface area contributed by atoms with Crippen molar-refractivity contribution in [3.63, 3.8) is 0 Å². The number of nitrogens with zero attached hydrogens (tertiary/aromatic N) is 4. The Bertz CT molecular complexity index is 1130. The quantitative estimate of drug-likeness (QED) is 0.299. The first-order valence-corrected chi connectivity index (χ1v) is 14.5. The molecule has 0 radical (unpaired) electrons. The number of aryl methyl sites for hydroxylation is 1. The van der Waals surface area contributed by atoms with E-state index in [4.69, 9.17) is 9.16 Å². The second-order valence-electron chi connectivity index (χ2n) is 10.3. The van der Waals surface area contributed by atoms with Crippen LogP contribution in [-0.4, -0.2) is 60.3 Å². The van der Waals surface area contributed by atoms with Crippen LogP contribution in [0.5, 0.6) is 5.75 Å². The van der Waals surface area contributed by atoms with E-state index in [1.165, 1.54) is 25.6 Å². The Morgan fingerprint density at radius 1 is 1.26 bits per heavy atom. The summed E-state index contributed by atoms with van der Waals surface area (Å²) in [6.45, 7) is 13.2. The van der Waals surface area contributed by atoms with E-state index in [9.17, 15) is 14.9 Å². The maximum Gasteiger partial charge on any atom is 0.282 e. The summed E-state index contributed by atoms with van der Waals surface area (Å²) in [5.41, 5.74) is 2.28. The van der Waals surface area contributed by atoms with Gasteiger partial charge in [-0.2, -0.15) is 0 Å². The average molecular weight is 499 g/mol. The number of hydrogen-bond donors (Lipinski definition) is 0. The number of aromatic nitrogens is 2. The predicted octanol–water partition coefficient (Wildman–Crippen LogP) is 5.02. The Hall–Kier alpha value is -3.11. The first-order chi connectivity index (χ1) is 16.4. The molecule has 0 bridgehead atoms. The second-order valence-corrected chi connectivity index (χ2v) is 15.1. The molecule has 0 saturated heterocycles. The van der Waals surface area contributed by atoms with Gasteiger partial charge in [-0.05, 0) is 42.6 Å².